The summed E-state index contributed by atoms with van der Waals surface area (Å²) in [5.74, 6) is 0.443. The van der Waals surface area contributed by atoms with Gasteiger partial charge in [0.05, 0.1) is 12.0 Å². The van der Waals surface area contributed by atoms with E-state index in [0.717, 1.165) is 28.8 Å². The number of nitrogens with zero attached hydrogens (tertiary/aromatic N) is 1. The first-order valence-corrected chi connectivity index (χ1v) is 12.4. The molecule has 0 spiro atoms. The second-order valence-electron chi connectivity index (χ2n) is 11.0. The molecule has 1 saturated carbocycles. The Labute approximate surface area is 202 Å². The van der Waals surface area contributed by atoms with Gasteiger partial charge in [0, 0.05) is 18.5 Å². The quantitative estimate of drug-likeness (QED) is 0.451. The van der Waals surface area contributed by atoms with Gasteiger partial charge in [0.15, 0.2) is 0 Å². The van der Waals surface area contributed by atoms with Crippen molar-refractivity contribution in [1.82, 2.24) is 0 Å². The number of hydrogen-bond acceptors (Lipinski definition) is 2. The standard InChI is InChI=1S/C31H33NO2/c1-30(2,3)24-15-13-23(14-16-24)21-32-28-12-8-7-11-27(28)31(29(32)34,25-17-18-26(33)19-25)20-22-9-5-4-6-10-22/h4-16,25H,17-21H2,1-3H3/t25-,31+/m1/s1. The second kappa shape index (κ2) is 8.54. The molecule has 1 aliphatic heterocycles. The van der Waals surface area contributed by atoms with Crippen molar-refractivity contribution in [2.45, 2.75) is 63.8 Å². The number of benzene rings is 3. The van der Waals surface area contributed by atoms with Gasteiger partial charge in [-0.25, -0.2) is 0 Å². The zero-order valence-corrected chi connectivity index (χ0v) is 20.4. The van der Waals surface area contributed by atoms with Crippen LogP contribution in [0.1, 0.15) is 62.3 Å². The highest BCUT2D eigenvalue weighted by Crippen LogP contribution is 2.52. The van der Waals surface area contributed by atoms with Crippen molar-refractivity contribution in [3.8, 4) is 0 Å². The van der Waals surface area contributed by atoms with E-state index in [-0.39, 0.29) is 23.0 Å². The van der Waals surface area contributed by atoms with Crippen molar-refractivity contribution >= 4 is 17.4 Å². The van der Waals surface area contributed by atoms with Crippen LogP contribution < -0.4 is 4.90 Å². The van der Waals surface area contributed by atoms with E-state index in [4.69, 9.17) is 0 Å². The summed E-state index contributed by atoms with van der Waals surface area (Å²) in [5.41, 5.74) is 5.00. The average Bonchev–Trinajstić information content (AvgIpc) is 3.36. The van der Waals surface area contributed by atoms with Crippen molar-refractivity contribution in [3.05, 3.63) is 101 Å². The molecule has 3 aromatic rings. The van der Waals surface area contributed by atoms with Crippen LogP contribution in [0.25, 0.3) is 0 Å². The van der Waals surface area contributed by atoms with Crippen LogP contribution in [-0.2, 0) is 33.4 Å². The Morgan fingerprint density at radius 2 is 1.53 bits per heavy atom. The van der Waals surface area contributed by atoms with E-state index < -0.39 is 5.41 Å². The first kappa shape index (κ1) is 22.6. The summed E-state index contributed by atoms with van der Waals surface area (Å²) in [6.45, 7) is 7.17. The first-order chi connectivity index (χ1) is 16.3. The Kier molecular flexibility index (Phi) is 5.67. The van der Waals surface area contributed by atoms with Gasteiger partial charge in [0.25, 0.3) is 0 Å². The predicted molar refractivity (Wildman–Crippen MR) is 137 cm³/mol. The van der Waals surface area contributed by atoms with Crippen molar-refractivity contribution in [1.29, 1.82) is 0 Å². The lowest BCUT2D eigenvalue weighted by molar-refractivity contribution is -0.125. The van der Waals surface area contributed by atoms with Gasteiger partial charge >= 0.3 is 0 Å². The SMILES string of the molecule is CC(C)(C)c1ccc(CN2C(=O)[C@@](Cc3ccccc3)([C@@H]3CCC(=O)C3)c3ccccc32)cc1. The molecule has 1 fully saturated rings. The molecule has 0 N–H and O–H groups in total. The molecule has 1 amide bonds. The topological polar surface area (TPSA) is 37.4 Å². The van der Waals surface area contributed by atoms with E-state index in [0.29, 0.717) is 25.8 Å². The number of anilines is 1. The highest BCUT2D eigenvalue weighted by molar-refractivity contribution is 6.09. The van der Waals surface area contributed by atoms with Crippen LogP contribution in [0.3, 0.4) is 0 Å². The van der Waals surface area contributed by atoms with Crippen LogP contribution in [0.5, 0.6) is 0 Å². The molecule has 34 heavy (non-hydrogen) atoms. The van der Waals surface area contributed by atoms with Crippen LogP contribution in [0.2, 0.25) is 0 Å². The third-order valence-electron chi connectivity index (χ3n) is 7.73. The maximum atomic E-state index is 14.4. The summed E-state index contributed by atoms with van der Waals surface area (Å²) in [6.07, 6.45) is 2.47. The van der Waals surface area contributed by atoms with Gasteiger partial charge in [-0.15, -0.1) is 0 Å². The lowest BCUT2D eigenvalue weighted by Crippen LogP contribution is -2.46. The van der Waals surface area contributed by atoms with Crippen molar-refractivity contribution in [2.75, 3.05) is 4.90 Å². The van der Waals surface area contributed by atoms with Crippen molar-refractivity contribution < 1.29 is 9.59 Å². The minimum atomic E-state index is -0.699. The normalized spacial score (nSPS) is 22.3. The van der Waals surface area contributed by atoms with Crippen molar-refractivity contribution in [2.24, 2.45) is 5.92 Å². The molecule has 2 aliphatic rings. The minimum Gasteiger partial charge on any atom is -0.307 e. The predicted octanol–water partition coefficient (Wildman–Crippen LogP) is 6.38. The van der Waals surface area contributed by atoms with Gasteiger partial charge in [-0.2, -0.15) is 0 Å². The van der Waals surface area contributed by atoms with Crippen LogP contribution >= 0.6 is 0 Å². The lowest BCUT2D eigenvalue weighted by Gasteiger charge is -2.34. The number of Topliss-reactive ketones (excluding diaryl/α,β-unsaturated/α-hetero) is 1. The minimum absolute atomic E-state index is 0.0297. The molecule has 1 heterocycles. The molecule has 5 rings (SSSR count). The molecular formula is C31H33NO2. The van der Waals surface area contributed by atoms with Gasteiger partial charge in [-0.05, 0) is 52.5 Å². The summed E-state index contributed by atoms with van der Waals surface area (Å²) in [5, 5.41) is 0. The van der Waals surface area contributed by atoms with E-state index in [2.05, 4.69) is 69.3 Å². The van der Waals surface area contributed by atoms with Crippen LogP contribution in [0.15, 0.2) is 78.9 Å². The molecular weight excluding hydrogens is 418 g/mol. The summed E-state index contributed by atoms with van der Waals surface area (Å²) in [6, 6.07) is 27.1. The molecule has 0 unspecified atom stereocenters. The number of fused-ring (bicyclic) bond motifs is 1. The number of hydrogen-bond donors (Lipinski definition) is 0. The molecule has 174 valence electrons. The molecule has 3 aromatic carbocycles. The number of para-hydroxylation sites is 1. The van der Waals surface area contributed by atoms with Crippen molar-refractivity contribution in [3.63, 3.8) is 0 Å². The highest BCUT2D eigenvalue weighted by Gasteiger charge is 2.56. The molecule has 2 atom stereocenters. The Bertz CT molecular complexity index is 1210. The first-order valence-electron chi connectivity index (χ1n) is 12.4. The average molecular weight is 452 g/mol. The van der Waals surface area contributed by atoms with Gasteiger partial charge in [-0.3, -0.25) is 9.59 Å². The molecule has 0 radical (unpaired) electrons. The fourth-order valence-electron chi connectivity index (χ4n) is 5.86. The van der Waals surface area contributed by atoms with Gasteiger partial charge in [0.2, 0.25) is 5.91 Å². The summed E-state index contributed by atoms with van der Waals surface area (Å²) >= 11 is 0. The number of ketones is 1. The van der Waals surface area contributed by atoms with Crippen LogP contribution in [-0.4, -0.2) is 11.7 Å². The highest BCUT2D eigenvalue weighted by atomic mass is 16.2. The Balaban J connectivity index is 1.56. The summed E-state index contributed by atoms with van der Waals surface area (Å²) < 4.78 is 0. The number of rotatable bonds is 5. The molecule has 3 heteroatoms. The molecule has 3 nitrogen and oxygen atoms in total. The summed E-state index contributed by atoms with van der Waals surface area (Å²) in [4.78, 5) is 28.8. The maximum absolute atomic E-state index is 14.4. The zero-order valence-electron chi connectivity index (χ0n) is 20.4. The fraction of sp³-hybridized carbons (Fsp3) is 0.355. The maximum Gasteiger partial charge on any atom is 0.238 e. The van der Waals surface area contributed by atoms with E-state index >= 15 is 0 Å². The monoisotopic (exact) mass is 451 g/mol. The van der Waals surface area contributed by atoms with E-state index in [9.17, 15) is 9.59 Å². The van der Waals surface area contributed by atoms with Gasteiger partial charge < -0.3 is 4.90 Å². The second-order valence-corrected chi connectivity index (χ2v) is 11.0. The largest absolute Gasteiger partial charge is 0.307 e. The number of carbonyl (C=O) groups is 2. The third kappa shape index (κ3) is 3.87. The van der Waals surface area contributed by atoms with Crippen LogP contribution in [0.4, 0.5) is 5.69 Å². The molecule has 0 saturated heterocycles. The zero-order chi connectivity index (χ0) is 23.9. The Morgan fingerprint density at radius 1 is 0.853 bits per heavy atom. The number of amides is 1. The molecule has 0 bridgehead atoms. The number of carbonyl (C=O) groups excluding carboxylic acids is 2. The van der Waals surface area contributed by atoms with Gasteiger partial charge in [0.1, 0.15) is 5.78 Å². The van der Waals surface area contributed by atoms with E-state index in [1.54, 1.807) is 0 Å². The van der Waals surface area contributed by atoms with Crippen LogP contribution in [0, 0.1) is 5.92 Å². The molecule has 1 aliphatic carbocycles. The van der Waals surface area contributed by atoms with E-state index in [1.807, 2.05) is 35.2 Å². The lowest BCUT2D eigenvalue weighted by atomic mass is 9.66. The fourth-order valence-corrected chi connectivity index (χ4v) is 5.86. The Morgan fingerprint density at radius 3 is 2.18 bits per heavy atom. The van der Waals surface area contributed by atoms with E-state index in [1.165, 1.54) is 5.56 Å². The molecule has 0 aromatic heterocycles. The van der Waals surface area contributed by atoms with Gasteiger partial charge in [-0.1, -0.05) is 93.6 Å². The third-order valence-corrected chi connectivity index (χ3v) is 7.73. The Hall–Kier alpha value is -3.20. The summed E-state index contributed by atoms with van der Waals surface area (Å²) in [7, 11) is 0. The smallest absolute Gasteiger partial charge is 0.238 e.